The lowest BCUT2D eigenvalue weighted by molar-refractivity contribution is -0.145. The first-order valence-electron chi connectivity index (χ1n) is 5.09. The van der Waals surface area contributed by atoms with E-state index in [1.165, 1.54) is 7.11 Å². The molecule has 15 heavy (non-hydrogen) atoms. The largest absolute Gasteiger partial charge is 0.468 e. The molecule has 2 rings (SSSR count). The van der Waals surface area contributed by atoms with Gasteiger partial charge in [-0.05, 0) is 31.4 Å². The van der Waals surface area contributed by atoms with Crippen LogP contribution in [0.2, 0.25) is 0 Å². The average Bonchev–Trinajstić information content (AvgIpc) is 2.24. The van der Waals surface area contributed by atoms with E-state index in [2.05, 4.69) is 0 Å². The van der Waals surface area contributed by atoms with Gasteiger partial charge in [0, 0.05) is 4.90 Å². The van der Waals surface area contributed by atoms with Gasteiger partial charge in [-0.25, -0.2) is 0 Å². The fourth-order valence-electron chi connectivity index (χ4n) is 1.75. The van der Waals surface area contributed by atoms with Crippen molar-refractivity contribution in [3.63, 3.8) is 0 Å². The molecule has 0 N–H and O–H groups in total. The van der Waals surface area contributed by atoms with Gasteiger partial charge in [-0.15, -0.1) is 11.8 Å². The Kier molecular flexibility index (Phi) is 3.00. The highest BCUT2D eigenvalue weighted by molar-refractivity contribution is 8.01. The Labute approximate surface area is 94.0 Å². The van der Waals surface area contributed by atoms with Crippen LogP contribution in [0.3, 0.4) is 0 Å². The SMILES string of the molecule is COC(=O)C1(Sc2ccccc2)CCC1. The van der Waals surface area contributed by atoms with E-state index in [4.69, 9.17) is 4.74 Å². The number of carbonyl (C=O) groups excluding carboxylic acids is 1. The van der Waals surface area contributed by atoms with Gasteiger partial charge in [-0.2, -0.15) is 0 Å². The minimum absolute atomic E-state index is 0.0809. The van der Waals surface area contributed by atoms with E-state index >= 15 is 0 Å². The number of hydrogen-bond acceptors (Lipinski definition) is 3. The Balaban J connectivity index is 2.12. The second kappa shape index (κ2) is 4.27. The molecular formula is C12H14O2S. The maximum Gasteiger partial charge on any atom is 0.322 e. The number of carbonyl (C=O) groups is 1. The highest BCUT2D eigenvalue weighted by atomic mass is 32.2. The van der Waals surface area contributed by atoms with E-state index in [0.717, 1.165) is 24.2 Å². The first-order valence-corrected chi connectivity index (χ1v) is 5.91. The average molecular weight is 222 g/mol. The standard InChI is InChI=1S/C12H14O2S/c1-14-11(13)12(8-5-9-12)15-10-6-3-2-4-7-10/h2-4,6-7H,5,8-9H2,1H3. The van der Waals surface area contributed by atoms with Crippen molar-refractivity contribution >= 4 is 17.7 Å². The summed E-state index contributed by atoms with van der Waals surface area (Å²) in [6, 6.07) is 10.0. The second-order valence-electron chi connectivity index (χ2n) is 3.75. The Morgan fingerprint density at radius 3 is 2.47 bits per heavy atom. The number of rotatable bonds is 3. The topological polar surface area (TPSA) is 26.3 Å². The van der Waals surface area contributed by atoms with Crippen molar-refractivity contribution in [2.24, 2.45) is 0 Å². The van der Waals surface area contributed by atoms with Crippen molar-refractivity contribution in [2.75, 3.05) is 7.11 Å². The van der Waals surface area contributed by atoms with Gasteiger partial charge >= 0.3 is 5.97 Å². The second-order valence-corrected chi connectivity index (χ2v) is 5.21. The van der Waals surface area contributed by atoms with E-state index in [1.54, 1.807) is 11.8 Å². The number of methoxy groups -OCH3 is 1. The Morgan fingerprint density at radius 1 is 1.33 bits per heavy atom. The summed E-state index contributed by atoms with van der Waals surface area (Å²) in [4.78, 5) is 12.8. The van der Waals surface area contributed by atoms with Gasteiger partial charge in [0.15, 0.2) is 0 Å². The van der Waals surface area contributed by atoms with Crippen LogP contribution in [0.25, 0.3) is 0 Å². The van der Waals surface area contributed by atoms with Crippen LogP contribution < -0.4 is 0 Å². The Hall–Kier alpha value is -0.960. The van der Waals surface area contributed by atoms with Crippen LogP contribution in [0, 0.1) is 0 Å². The zero-order valence-electron chi connectivity index (χ0n) is 8.73. The molecule has 0 bridgehead atoms. The van der Waals surface area contributed by atoms with Gasteiger partial charge in [-0.3, -0.25) is 4.79 Å². The monoisotopic (exact) mass is 222 g/mol. The molecule has 0 amide bonds. The molecule has 0 radical (unpaired) electrons. The fraction of sp³-hybridized carbons (Fsp3) is 0.417. The summed E-state index contributed by atoms with van der Waals surface area (Å²) in [5.74, 6) is -0.0809. The summed E-state index contributed by atoms with van der Waals surface area (Å²) < 4.78 is 4.56. The van der Waals surface area contributed by atoms with E-state index in [9.17, 15) is 4.79 Å². The molecule has 0 aliphatic heterocycles. The van der Waals surface area contributed by atoms with Crippen LogP contribution in [0.1, 0.15) is 19.3 Å². The van der Waals surface area contributed by atoms with Gasteiger partial charge in [0.05, 0.1) is 7.11 Å². The van der Waals surface area contributed by atoms with Crippen molar-refractivity contribution in [1.29, 1.82) is 0 Å². The summed E-state index contributed by atoms with van der Waals surface area (Å²) in [6.45, 7) is 0. The van der Waals surface area contributed by atoms with Crippen LogP contribution in [-0.4, -0.2) is 17.8 Å². The maximum atomic E-state index is 11.7. The third-order valence-corrected chi connectivity index (χ3v) is 4.25. The summed E-state index contributed by atoms with van der Waals surface area (Å²) in [6.07, 6.45) is 2.98. The van der Waals surface area contributed by atoms with Crippen molar-refractivity contribution in [3.8, 4) is 0 Å². The molecule has 0 spiro atoms. The minimum atomic E-state index is -0.309. The van der Waals surface area contributed by atoms with Crippen LogP contribution in [0.4, 0.5) is 0 Å². The Morgan fingerprint density at radius 2 is 2.00 bits per heavy atom. The molecule has 0 atom stereocenters. The fourth-order valence-corrected chi connectivity index (χ4v) is 3.15. The zero-order chi connectivity index (χ0) is 10.7. The molecule has 1 saturated carbocycles. The molecule has 0 saturated heterocycles. The van der Waals surface area contributed by atoms with E-state index in [-0.39, 0.29) is 10.7 Å². The van der Waals surface area contributed by atoms with Gasteiger partial charge in [-0.1, -0.05) is 18.2 Å². The predicted octanol–water partition coefficient (Wildman–Crippen LogP) is 2.87. The van der Waals surface area contributed by atoms with E-state index in [1.807, 2.05) is 30.3 Å². The first-order chi connectivity index (χ1) is 7.27. The Bertz CT molecular complexity index is 344. The summed E-state index contributed by atoms with van der Waals surface area (Å²) in [7, 11) is 1.47. The van der Waals surface area contributed by atoms with Crippen molar-refractivity contribution in [1.82, 2.24) is 0 Å². The first kappa shape index (κ1) is 10.6. The number of benzene rings is 1. The third-order valence-electron chi connectivity index (χ3n) is 2.78. The molecule has 0 heterocycles. The molecule has 80 valence electrons. The van der Waals surface area contributed by atoms with Crippen LogP contribution in [0.15, 0.2) is 35.2 Å². The molecule has 1 aromatic rings. The third kappa shape index (κ3) is 2.02. The lowest BCUT2D eigenvalue weighted by Gasteiger charge is -2.37. The van der Waals surface area contributed by atoms with Crippen molar-refractivity contribution in [2.45, 2.75) is 28.9 Å². The summed E-state index contributed by atoms with van der Waals surface area (Å²) in [5, 5.41) is 0. The molecule has 1 fully saturated rings. The lowest BCUT2D eigenvalue weighted by Crippen LogP contribution is -2.42. The van der Waals surface area contributed by atoms with Crippen molar-refractivity contribution < 1.29 is 9.53 Å². The molecule has 0 unspecified atom stereocenters. The molecule has 1 aliphatic carbocycles. The maximum absolute atomic E-state index is 11.7. The van der Waals surface area contributed by atoms with Gasteiger partial charge in [0.2, 0.25) is 0 Å². The highest BCUT2D eigenvalue weighted by Crippen LogP contribution is 2.48. The molecule has 1 aromatic carbocycles. The molecule has 0 aromatic heterocycles. The number of hydrogen-bond donors (Lipinski definition) is 0. The number of thioether (sulfide) groups is 1. The molecule has 1 aliphatic rings. The highest BCUT2D eigenvalue weighted by Gasteiger charge is 2.46. The molecular weight excluding hydrogens is 208 g/mol. The smallest absolute Gasteiger partial charge is 0.322 e. The van der Waals surface area contributed by atoms with Gasteiger partial charge in [0.1, 0.15) is 4.75 Å². The lowest BCUT2D eigenvalue weighted by atomic mass is 9.84. The van der Waals surface area contributed by atoms with E-state index < -0.39 is 0 Å². The minimum Gasteiger partial charge on any atom is -0.468 e. The van der Waals surface area contributed by atoms with Gasteiger partial charge < -0.3 is 4.74 Å². The summed E-state index contributed by atoms with van der Waals surface area (Å²) >= 11 is 1.64. The van der Waals surface area contributed by atoms with Gasteiger partial charge in [0.25, 0.3) is 0 Å². The zero-order valence-corrected chi connectivity index (χ0v) is 9.55. The molecule has 3 heteroatoms. The van der Waals surface area contributed by atoms with Crippen LogP contribution >= 0.6 is 11.8 Å². The molecule has 2 nitrogen and oxygen atoms in total. The van der Waals surface area contributed by atoms with Crippen molar-refractivity contribution in [3.05, 3.63) is 30.3 Å². The normalized spacial score (nSPS) is 17.9. The van der Waals surface area contributed by atoms with E-state index in [0.29, 0.717) is 0 Å². The summed E-state index contributed by atoms with van der Waals surface area (Å²) in [5.41, 5.74) is 0. The number of ether oxygens (including phenoxy) is 1. The van der Waals surface area contributed by atoms with Crippen LogP contribution in [0.5, 0.6) is 0 Å². The van der Waals surface area contributed by atoms with Crippen LogP contribution in [-0.2, 0) is 9.53 Å². The predicted molar refractivity (Wildman–Crippen MR) is 60.9 cm³/mol. The quantitative estimate of drug-likeness (QED) is 0.736. The number of esters is 1.